The molecule has 32 heavy (non-hydrogen) atoms. The van der Waals surface area contributed by atoms with Crippen LogP contribution in [0.1, 0.15) is 5.56 Å². The quantitative estimate of drug-likeness (QED) is 0.644. The van der Waals surface area contributed by atoms with E-state index in [4.69, 9.17) is 4.74 Å². The second kappa shape index (κ2) is 9.55. The molecule has 1 aliphatic heterocycles. The second-order valence-electron chi connectivity index (χ2n) is 7.36. The summed E-state index contributed by atoms with van der Waals surface area (Å²) in [7, 11) is 0. The number of carbonyl (C=O) groups excluding carboxylic acids is 2. The van der Waals surface area contributed by atoms with Crippen LogP contribution < -0.4 is 10.1 Å². The van der Waals surface area contributed by atoms with Crippen LogP contribution in [-0.2, 0) is 16.0 Å². The molecular formula is C24H21F2N3O3. The summed E-state index contributed by atoms with van der Waals surface area (Å²) in [6, 6.07) is 13.5. The summed E-state index contributed by atoms with van der Waals surface area (Å²) < 4.78 is 32.2. The average molecular weight is 437 g/mol. The SMILES string of the molecule is O=C1NCCN(C(=O)COc2ccc(F)cc2F)[C@H]1Cc1ccccc1-c1cccnc1. The highest BCUT2D eigenvalue weighted by molar-refractivity contribution is 5.90. The number of carbonyl (C=O) groups is 2. The van der Waals surface area contributed by atoms with Gasteiger partial charge in [-0.1, -0.05) is 30.3 Å². The molecule has 2 amide bonds. The Bertz CT molecular complexity index is 1120. The standard InChI is InChI=1S/C24H21F2N3O3/c25-18-7-8-22(20(26)13-18)32-15-23(30)29-11-10-28-24(31)21(29)12-16-4-1-2-6-19(16)17-5-3-9-27-14-17/h1-9,13-14,21H,10-12,15H2,(H,28,31)/t21-/m0/s1. The number of nitrogens with zero attached hydrogens (tertiary/aromatic N) is 2. The molecule has 3 aromatic rings. The van der Waals surface area contributed by atoms with Crippen LogP contribution in [0, 0.1) is 11.6 Å². The van der Waals surface area contributed by atoms with Crippen molar-refractivity contribution in [3.8, 4) is 16.9 Å². The first-order valence-corrected chi connectivity index (χ1v) is 10.2. The molecule has 0 saturated carbocycles. The first-order valence-electron chi connectivity index (χ1n) is 10.2. The van der Waals surface area contributed by atoms with E-state index in [1.165, 1.54) is 4.90 Å². The van der Waals surface area contributed by atoms with Crippen LogP contribution in [0.4, 0.5) is 8.78 Å². The van der Waals surface area contributed by atoms with Gasteiger partial charge in [0.1, 0.15) is 11.9 Å². The maximum atomic E-state index is 13.8. The number of rotatable bonds is 6. The lowest BCUT2D eigenvalue weighted by Gasteiger charge is -2.35. The average Bonchev–Trinajstić information content (AvgIpc) is 2.80. The fourth-order valence-corrected chi connectivity index (χ4v) is 3.74. The molecule has 0 spiro atoms. The summed E-state index contributed by atoms with van der Waals surface area (Å²) in [5.41, 5.74) is 2.73. The van der Waals surface area contributed by atoms with Gasteiger partial charge >= 0.3 is 0 Å². The Labute approximate surface area is 183 Å². The lowest BCUT2D eigenvalue weighted by Crippen LogP contribution is -2.58. The van der Waals surface area contributed by atoms with E-state index in [-0.39, 0.29) is 11.7 Å². The first-order chi connectivity index (χ1) is 15.5. The monoisotopic (exact) mass is 437 g/mol. The van der Waals surface area contributed by atoms with E-state index in [0.717, 1.165) is 28.8 Å². The van der Waals surface area contributed by atoms with Crippen molar-refractivity contribution >= 4 is 11.8 Å². The predicted octanol–water partition coefficient (Wildman–Crippen LogP) is 2.98. The number of amides is 2. The van der Waals surface area contributed by atoms with Crippen LogP contribution in [0.15, 0.2) is 67.0 Å². The molecule has 0 bridgehead atoms. The molecular weight excluding hydrogens is 416 g/mol. The van der Waals surface area contributed by atoms with Gasteiger partial charge in [-0.15, -0.1) is 0 Å². The normalized spacial score (nSPS) is 15.9. The number of hydrogen-bond donors (Lipinski definition) is 1. The Morgan fingerprint density at radius 2 is 2.00 bits per heavy atom. The molecule has 0 aliphatic carbocycles. The van der Waals surface area contributed by atoms with Crippen LogP contribution in [0.2, 0.25) is 0 Å². The van der Waals surface area contributed by atoms with E-state index < -0.39 is 30.2 Å². The minimum absolute atomic E-state index is 0.223. The minimum atomic E-state index is -0.892. The highest BCUT2D eigenvalue weighted by Crippen LogP contribution is 2.25. The van der Waals surface area contributed by atoms with Gasteiger partial charge in [0.05, 0.1) is 0 Å². The van der Waals surface area contributed by atoms with Gasteiger partial charge in [-0.25, -0.2) is 8.78 Å². The van der Waals surface area contributed by atoms with Crippen molar-refractivity contribution in [1.82, 2.24) is 15.2 Å². The zero-order valence-electron chi connectivity index (χ0n) is 17.1. The number of halogens is 2. The predicted molar refractivity (Wildman–Crippen MR) is 114 cm³/mol. The lowest BCUT2D eigenvalue weighted by molar-refractivity contribution is -0.144. The highest BCUT2D eigenvalue weighted by Gasteiger charge is 2.33. The molecule has 1 aliphatic rings. The van der Waals surface area contributed by atoms with Crippen molar-refractivity contribution in [1.29, 1.82) is 0 Å². The Kier molecular flexibility index (Phi) is 6.39. The van der Waals surface area contributed by atoms with Gasteiger partial charge < -0.3 is 15.0 Å². The molecule has 8 heteroatoms. The Morgan fingerprint density at radius 3 is 2.78 bits per heavy atom. The molecule has 2 heterocycles. The van der Waals surface area contributed by atoms with Gasteiger partial charge in [0.25, 0.3) is 5.91 Å². The summed E-state index contributed by atoms with van der Waals surface area (Å²) in [6.45, 7) is 0.159. The Morgan fingerprint density at radius 1 is 1.16 bits per heavy atom. The summed E-state index contributed by atoms with van der Waals surface area (Å²) in [5, 5.41) is 2.80. The maximum absolute atomic E-state index is 13.8. The maximum Gasteiger partial charge on any atom is 0.261 e. The van der Waals surface area contributed by atoms with E-state index in [0.29, 0.717) is 25.6 Å². The smallest absolute Gasteiger partial charge is 0.261 e. The number of piperazine rings is 1. The number of hydrogen-bond acceptors (Lipinski definition) is 4. The second-order valence-corrected chi connectivity index (χ2v) is 7.36. The van der Waals surface area contributed by atoms with Crippen LogP contribution in [-0.4, -0.2) is 47.4 Å². The third-order valence-corrected chi connectivity index (χ3v) is 5.30. The summed E-state index contributed by atoms with van der Waals surface area (Å²) in [6.07, 6.45) is 3.73. The fourth-order valence-electron chi connectivity index (χ4n) is 3.74. The molecule has 1 fully saturated rings. The first kappa shape index (κ1) is 21.4. The van der Waals surface area contributed by atoms with Crippen molar-refractivity contribution < 1.29 is 23.1 Å². The van der Waals surface area contributed by atoms with Gasteiger partial charge in [0, 0.05) is 43.5 Å². The third-order valence-electron chi connectivity index (χ3n) is 5.30. The molecule has 4 rings (SSSR count). The number of nitrogens with one attached hydrogen (secondary N) is 1. The topological polar surface area (TPSA) is 71.5 Å². The number of ether oxygens (including phenoxy) is 1. The van der Waals surface area contributed by atoms with E-state index in [1.54, 1.807) is 12.4 Å². The van der Waals surface area contributed by atoms with Crippen molar-refractivity contribution in [3.63, 3.8) is 0 Å². The zero-order valence-corrected chi connectivity index (χ0v) is 17.1. The third kappa shape index (κ3) is 4.74. The van der Waals surface area contributed by atoms with Gasteiger partial charge in [-0.05, 0) is 29.3 Å². The van der Waals surface area contributed by atoms with Crippen LogP contribution in [0.5, 0.6) is 5.75 Å². The number of pyridine rings is 1. The highest BCUT2D eigenvalue weighted by atomic mass is 19.1. The van der Waals surface area contributed by atoms with Gasteiger partial charge in [-0.3, -0.25) is 14.6 Å². The van der Waals surface area contributed by atoms with Crippen LogP contribution in [0.25, 0.3) is 11.1 Å². The summed E-state index contributed by atoms with van der Waals surface area (Å²) >= 11 is 0. The van der Waals surface area contributed by atoms with Crippen LogP contribution in [0.3, 0.4) is 0 Å². The van der Waals surface area contributed by atoms with E-state index in [2.05, 4.69) is 10.3 Å². The number of benzene rings is 2. The Balaban J connectivity index is 1.52. The zero-order chi connectivity index (χ0) is 22.5. The van der Waals surface area contributed by atoms with E-state index >= 15 is 0 Å². The van der Waals surface area contributed by atoms with Crippen molar-refractivity contribution in [2.75, 3.05) is 19.7 Å². The van der Waals surface area contributed by atoms with Gasteiger partial charge in [-0.2, -0.15) is 0 Å². The molecule has 0 unspecified atom stereocenters. The van der Waals surface area contributed by atoms with Gasteiger partial charge in [0.2, 0.25) is 5.91 Å². The molecule has 164 valence electrons. The van der Waals surface area contributed by atoms with E-state index in [1.807, 2.05) is 36.4 Å². The molecule has 1 N–H and O–H groups in total. The van der Waals surface area contributed by atoms with Crippen molar-refractivity contribution in [3.05, 3.63) is 84.2 Å². The Hall–Kier alpha value is -3.81. The van der Waals surface area contributed by atoms with Crippen LogP contribution >= 0.6 is 0 Å². The summed E-state index contributed by atoms with van der Waals surface area (Å²) in [4.78, 5) is 31.1. The molecule has 1 aromatic heterocycles. The largest absolute Gasteiger partial charge is 0.481 e. The van der Waals surface area contributed by atoms with Crippen molar-refractivity contribution in [2.45, 2.75) is 12.5 Å². The fraction of sp³-hybridized carbons (Fsp3) is 0.208. The summed E-state index contributed by atoms with van der Waals surface area (Å²) in [5.74, 6) is -2.57. The number of aromatic nitrogens is 1. The van der Waals surface area contributed by atoms with E-state index in [9.17, 15) is 18.4 Å². The molecule has 6 nitrogen and oxygen atoms in total. The van der Waals surface area contributed by atoms with Gasteiger partial charge in [0.15, 0.2) is 18.2 Å². The molecule has 2 aromatic carbocycles. The molecule has 1 atom stereocenters. The molecule has 0 radical (unpaired) electrons. The molecule has 1 saturated heterocycles. The van der Waals surface area contributed by atoms with Crippen molar-refractivity contribution in [2.24, 2.45) is 0 Å². The minimum Gasteiger partial charge on any atom is -0.481 e. The lowest BCUT2D eigenvalue weighted by atomic mass is 9.94.